The van der Waals surface area contributed by atoms with Crippen molar-refractivity contribution in [1.82, 2.24) is 5.32 Å². The molecule has 1 N–H and O–H groups in total. The van der Waals surface area contributed by atoms with Crippen LogP contribution in [0.25, 0.3) is 0 Å². The molecule has 0 spiro atoms. The predicted octanol–water partition coefficient (Wildman–Crippen LogP) is 3.61. The monoisotopic (exact) mass is 355 g/mol. The molecule has 0 aromatic heterocycles. The van der Waals surface area contributed by atoms with E-state index in [-0.39, 0.29) is 11.9 Å². The van der Waals surface area contributed by atoms with Crippen molar-refractivity contribution in [2.75, 3.05) is 7.11 Å². The number of dihydropyridines is 1. The van der Waals surface area contributed by atoms with Crippen LogP contribution in [0.15, 0.2) is 46.8 Å². The van der Waals surface area contributed by atoms with E-state index in [0.717, 1.165) is 29.8 Å². The van der Waals surface area contributed by atoms with Crippen molar-refractivity contribution in [2.24, 2.45) is 0 Å². The summed E-state index contributed by atoms with van der Waals surface area (Å²) in [7, 11) is 1.36. The second kappa shape index (κ2) is 7.36. The normalized spacial score (nSPS) is 20.0. The van der Waals surface area contributed by atoms with Crippen LogP contribution in [0.3, 0.4) is 0 Å². The molecule has 1 aromatic rings. The molecule has 1 heterocycles. The summed E-state index contributed by atoms with van der Waals surface area (Å²) >= 11 is 0. The lowest BCUT2D eigenvalue weighted by molar-refractivity contribution is -0.136. The third-order valence-electron chi connectivity index (χ3n) is 4.77. The van der Waals surface area contributed by atoms with E-state index < -0.39 is 11.9 Å². The van der Waals surface area contributed by atoms with Crippen LogP contribution in [-0.4, -0.2) is 25.0 Å². The molecule has 1 aliphatic carbocycles. The van der Waals surface area contributed by atoms with Gasteiger partial charge in [-0.3, -0.25) is 4.79 Å². The molecular weight excluding hydrogens is 330 g/mol. The van der Waals surface area contributed by atoms with E-state index in [0.29, 0.717) is 23.3 Å². The summed E-state index contributed by atoms with van der Waals surface area (Å²) in [4.78, 5) is 25.4. The molecular formula is C21H25NO4. The smallest absolute Gasteiger partial charge is 0.336 e. The number of hydrogen-bond acceptors (Lipinski definition) is 5. The first-order valence-corrected chi connectivity index (χ1v) is 9.02. The van der Waals surface area contributed by atoms with Crippen LogP contribution in [0.5, 0.6) is 5.75 Å². The van der Waals surface area contributed by atoms with Gasteiger partial charge in [0.05, 0.1) is 24.7 Å². The highest BCUT2D eigenvalue weighted by molar-refractivity contribution is 6.03. The van der Waals surface area contributed by atoms with E-state index in [1.54, 1.807) is 0 Å². The maximum atomic E-state index is 12.8. The van der Waals surface area contributed by atoms with Crippen molar-refractivity contribution in [3.63, 3.8) is 0 Å². The fourth-order valence-corrected chi connectivity index (χ4v) is 3.76. The molecule has 0 radical (unpaired) electrons. The second-order valence-electron chi connectivity index (χ2n) is 6.96. The van der Waals surface area contributed by atoms with Gasteiger partial charge in [-0.1, -0.05) is 18.2 Å². The summed E-state index contributed by atoms with van der Waals surface area (Å²) in [6.45, 7) is 5.77. The van der Waals surface area contributed by atoms with Crippen LogP contribution in [0.2, 0.25) is 0 Å². The number of allylic oxidation sites excluding steroid dienone is 3. The van der Waals surface area contributed by atoms with Gasteiger partial charge < -0.3 is 14.8 Å². The van der Waals surface area contributed by atoms with Gasteiger partial charge in [-0.2, -0.15) is 0 Å². The Morgan fingerprint density at radius 3 is 2.65 bits per heavy atom. The number of hydrogen-bond donors (Lipinski definition) is 1. The number of ketones is 1. The molecule has 5 heteroatoms. The molecule has 1 aliphatic heterocycles. The molecule has 0 bridgehead atoms. The summed E-state index contributed by atoms with van der Waals surface area (Å²) in [6, 6.07) is 7.61. The molecule has 26 heavy (non-hydrogen) atoms. The van der Waals surface area contributed by atoms with Gasteiger partial charge in [-0.15, -0.1) is 0 Å². The molecule has 1 atom stereocenters. The van der Waals surface area contributed by atoms with Gasteiger partial charge in [0.1, 0.15) is 5.75 Å². The highest BCUT2D eigenvalue weighted by atomic mass is 16.5. The Balaban J connectivity index is 2.21. The van der Waals surface area contributed by atoms with Gasteiger partial charge in [0.25, 0.3) is 0 Å². The van der Waals surface area contributed by atoms with E-state index in [2.05, 4.69) is 5.32 Å². The van der Waals surface area contributed by atoms with E-state index >= 15 is 0 Å². The van der Waals surface area contributed by atoms with Crippen LogP contribution < -0.4 is 10.1 Å². The molecule has 3 rings (SSSR count). The van der Waals surface area contributed by atoms with Crippen LogP contribution in [-0.2, 0) is 14.3 Å². The fraction of sp³-hybridized carbons (Fsp3) is 0.429. The zero-order valence-corrected chi connectivity index (χ0v) is 15.7. The van der Waals surface area contributed by atoms with Crippen LogP contribution in [0, 0.1) is 0 Å². The predicted molar refractivity (Wildman–Crippen MR) is 98.7 cm³/mol. The third kappa shape index (κ3) is 3.26. The second-order valence-corrected chi connectivity index (χ2v) is 6.96. The molecule has 0 fully saturated rings. The minimum absolute atomic E-state index is 0.0139. The maximum Gasteiger partial charge on any atom is 0.336 e. The number of para-hydroxylation sites is 1. The summed E-state index contributed by atoms with van der Waals surface area (Å²) < 4.78 is 11.0. The Morgan fingerprint density at radius 2 is 1.96 bits per heavy atom. The third-order valence-corrected chi connectivity index (χ3v) is 4.77. The minimum Gasteiger partial charge on any atom is -0.491 e. The Hall–Kier alpha value is -2.56. The van der Waals surface area contributed by atoms with Crippen LogP contribution >= 0.6 is 0 Å². The molecule has 2 aliphatic rings. The van der Waals surface area contributed by atoms with Crippen LogP contribution in [0.1, 0.15) is 51.5 Å². The molecule has 0 saturated heterocycles. The van der Waals surface area contributed by atoms with Crippen molar-refractivity contribution in [1.29, 1.82) is 0 Å². The molecule has 0 amide bonds. The molecule has 0 saturated carbocycles. The van der Waals surface area contributed by atoms with Crippen molar-refractivity contribution in [3.8, 4) is 5.75 Å². The molecule has 0 unspecified atom stereocenters. The standard InChI is InChI=1S/C21H25NO4/c1-12(2)26-17-11-6-5-8-14(17)19-18(21(24)25-4)13(3)22-15-9-7-10-16(23)20(15)19/h5-6,8,11-12,19,22H,7,9-10H2,1-4H3/t19-/m0/s1. The number of methoxy groups -OCH3 is 1. The van der Waals surface area contributed by atoms with E-state index in [1.165, 1.54) is 7.11 Å². The summed E-state index contributed by atoms with van der Waals surface area (Å²) in [6.07, 6.45) is 2.11. The number of benzene rings is 1. The average Bonchev–Trinajstić information content (AvgIpc) is 2.60. The Morgan fingerprint density at radius 1 is 1.23 bits per heavy atom. The van der Waals surface area contributed by atoms with Gasteiger partial charge in [0.2, 0.25) is 0 Å². The Kier molecular flexibility index (Phi) is 5.16. The first kappa shape index (κ1) is 18.2. The lowest BCUT2D eigenvalue weighted by Gasteiger charge is -2.34. The zero-order valence-electron chi connectivity index (χ0n) is 15.7. The topological polar surface area (TPSA) is 64.6 Å². The van der Waals surface area contributed by atoms with Crippen molar-refractivity contribution < 1.29 is 19.1 Å². The van der Waals surface area contributed by atoms with E-state index in [4.69, 9.17) is 9.47 Å². The number of esters is 1. The largest absolute Gasteiger partial charge is 0.491 e. The SMILES string of the molecule is COC(=O)C1=C(C)NC2=C(C(=O)CCC2)[C@H]1c1ccccc1OC(C)C. The lowest BCUT2D eigenvalue weighted by Crippen LogP contribution is -2.34. The summed E-state index contributed by atoms with van der Waals surface area (Å²) in [5.41, 5.74) is 3.61. The van der Waals surface area contributed by atoms with Crippen molar-refractivity contribution >= 4 is 11.8 Å². The number of Topliss-reactive ketones (excluding diaryl/α,β-unsaturated/α-hetero) is 1. The maximum absolute atomic E-state index is 12.8. The van der Waals surface area contributed by atoms with E-state index in [9.17, 15) is 9.59 Å². The molecule has 1 aromatic carbocycles. The van der Waals surface area contributed by atoms with Crippen LogP contribution in [0.4, 0.5) is 0 Å². The minimum atomic E-state index is -0.471. The number of carbonyl (C=O) groups excluding carboxylic acids is 2. The van der Waals surface area contributed by atoms with Gasteiger partial charge >= 0.3 is 5.97 Å². The van der Waals surface area contributed by atoms with Gasteiger partial charge in [0.15, 0.2) is 5.78 Å². The first-order valence-electron chi connectivity index (χ1n) is 9.02. The van der Waals surface area contributed by atoms with Gasteiger partial charge in [-0.25, -0.2) is 4.79 Å². The highest BCUT2D eigenvalue weighted by Gasteiger charge is 2.40. The Labute approximate surface area is 154 Å². The number of rotatable bonds is 4. The summed E-state index contributed by atoms with van der Waals surface area (Å²) in [5.74, 6) is -0.128. The number of ether oxygens (including phenoxy) is 2. The zero-order chi connectivity index (χ0) is 18.8. The molecule has 138 valence electrons. The van der Waals surface area contributed by atoms with Gasteiger partial charge in [-0.05, 0) is 39.7 Å². The average molecular weight is 355 g/mol. The number of carbonyl (C=O) groups is 2. The quantitative estimate of drug-likeness (QED) is 0.836. The highest BCUT2D eigenvalue weighted by Crippen LogP contribution is 2.45. The molecule has 5 nitrogen and oxygen atoms in total. The van der Waals surface area contributed by atoms with E-state index in [1.807, 2.05) is 45.0 Å². The summed E-state index contributed by atoms with van der Waals surface area (Å²) in [5, 5.41) is 3.27. The Bertz CT molecular complexity index is 804. The van der Waals surface area contributed by atoms with Crippen molar-refractivity contribution in [3.05, 3.63) is 52.4 Å². The number of nitrogens with one attached hydrogen (secondary N) is 1. The first-order chi connectivity index (χ1) is 12.4. The van der Waals surface area contributed by atoms with Crippen molar-refractivity contribution in [2.45, 2.75) is 52.1 Å². The fourth-order valence-electron chi connectivity index (χ4n) is 3.76. The lowest BCUT2D eigenvalue weighted by atomic mass is 9.75. The van der Waals surface area contributed by atoms with Gasteiger partial charge in [0, 0.05) is 29.0 Å².